The molecule has 2 saturated heterocycles. The Hall–Kier alpha value is -4.04. The maximum Gasteiger partial charge on any atom is 0.337 e. The molecule has 2 amide bonds. The average Bonchev–Trinajstić information content (AvgIpc) is 3.36. The number of rotatable bonds is 4. The number of amides is 2. The molecule has 0 aliphatic carbocycles. The van der Waals surface area contributed by atoms with Gasteiger partial charge in [-0.25, -0.2) is 19.1 Å². The van der Waals surface area contributed by atoms with Crippen molar-refractivity contribution in [3.8, 4) is 0 Å². The molecule has 0 radical (unpaired) electrons. The first-order valence-electron chi connectivity index (χ1n) is 10.3. The predicted molar refractivity (Wildman–Crippen MR) is 117 cm³/mol. The molecule has 0 bridgehead atoms. The van der Waals surface area contributed by atoms with Crippen molar-refractivity contribution in [2.75, 3.05) is 17.1 Å². The van der Waals surface area contributed by atoms with E-state index in [0.29, 0.717) is 22.5 Å². The second kappa shape index (κ2) is 8.14. The number of fused-ring (bicyclic) bond motifs is 1. The van der Waals surface area contributed by atoms with Gasteiger partial charge in [0.1, 0.15) is 11.7 Å². The molecule has 0 saturated carbocycles. The Morgan fingerprint density at radius 2 is 1.55 bits per heavy atom. The van der Waals surface area contributed by atoms with E-state index in [1.165, 1.54) is 43.5 Å². The Kier molecular flexibility index (Phi) is 5.14. The minimum absolute atomic E-state index is 0.302. The van der Waals surface area contributed by atoms with Gasteiger partial charge in [0.05, 0.1) is 30.1 Å². The van der Waals surface area contributed by atoms with Gasteiger partial charge in [-0.05, 0) is 54.1 Å². The van der Waals surface area contributed by atoms with Gasteiger partial charge in [0.25, 0.3) is 5.91 Å². The fourth-order valence-corrected chi connectivity index (χ4v) is 4.33. The molecule has 0 aromatic heterocycles. The molecule has 2 aliphatic heterocycles. The number of hydrogen-bond acceptors (Lipinski definition) is 6. The lowest BCUT2D eigenvalue weighted by Gasteiger charge is -2.28. The molecule has 2 heterocycles. The van der Waals surface area contributed by atoms with E-state index < -0.39 is 41.7 Å². The number of carbonyl (C=O) groups is 3. The van der Waals surface area contributed by atoms with Crippen molar-refractivity contribution in [2.24, 2.45) is 5.92 Å². The third-order valence-corrected chi connectivity index (χ3v) is 5.88. The van der Waals surface area contributed by atoms with Gasteiger partial charge in [-0.2, -0.15) is 0 Å². The van der Waals surface area contributed by atoms with Crippen LogP contribution in [0.25, 0.3) is 0 Å². The zero-order chi connectivity index (χ0) is 23.1. The van der Waals surface area contributed by atoms with Crippen LogP contribution in [0.1, 0.15) is 22.0 Å². The summed E-state index contributed by atoms with van der Waals surface area (Å²) in [6, 6.07) is 20.3. The fraction of sp³-hybridized carbons (Fsp3) is 0.160. The number of anilines is 2. The number of nitrogens with zero attached hydrogens (tertiary/aromatic N) is 2. The summed E-state index contributed by atoms with van der Waals surface area (Å²) in [6.45, 7) is 0. The molecule has 33 heavy (non-hydrogen) atoms. The summed E-state index contributed by atoms with van der Waals surface area (Å²) in [6.07, 6.45) is -1.03. The molecular formula is C25H19FN2O5. The molecule has 8 heteroatoms. The molecule has 3 aromatic rings. The third-order valence-electron chi connectivity index (χ3n) is 5.88. The van der Waals surface area contributed by atoms with E-state index in [-0.39, 0.29) is 0 Å². The van der Waals surface area contributed by atoms with Crippen LogP contribution in [0.5, 0.6) is 0 Å². The minimum Gasteiger partial charge on any atom is -0.465 e. The summed E-state index contributed by atoms with van der Waals surface area (Å²) in [4.78, 5) is 45.6. The van der Waals surface area contributed by atoms with Crippen molar-refractivity contribution in [3.63, 3.8) is 0 Å². The molecule has 3 atom stereocenters. The maximum absolute atomic E-state index is 13.6. The highest BCUT2D eigenvalue weighted by molar-refractivity contribution is 6.24. The van der Waals surface area contributed by atoms with Crippen molar-refractivity contribution < 1.29 is 28.3 Å². The summed E-state index contributed by atoms with van der Waals surface area (Å²) in [5.41, 5.74) is 1.96. The van der Waals surface area contributed by atoms with Crippen molar-refractivity contribution in [2.45, 2.75) is 12.1 Å². The summed E-state index contributed by atoms with van der Waals surface area (Å²) in [5.74, 6) is -2.68. The summed E-state index contributed by atoms with van der Waals surface area (Å²) in [5, 5.41) is 1.55. The highest BCUT2D eigenvalue weighted by Gasteiger charge is 2.60. The van der Waals surface area contributed by atoms with Crippen LogP contribution in [0.4, 0.5) is 15.8 Å². The molecule has 7 nitrogen and oxygen atoms in total. The van der Waals surface area contributed by atoms with Crippen molar-refractivity contribution in [1.29, 1.82) is 0 Å². The minimum atomic E-state index is -1.03. The largest absolute Gasteiger partial charge is 0.465 e. The Labute approximate surface area is 188 Å². The molecule has 5 rings (SSSR count). The van der Waals surface area contributed by atoms with E-state index in [2.05, 4.69) is 0 Å². The molecular weight excluding hydrogens is 427 g/mol. The number of hydrogen-bond donors (Lipinski definition) is 0. The van der Waals surface area contributed by atoms with Crippen LogP contribution in [-0.4, -0.2) is 31.0 Å². The van der Waals surface area contributed by atoms with Crippen LogP contribution < -0.4 is 9.96 Å². The predicted octanol–water partition coefficient (Wildman–Crippen LogP) is 3.66. The van der Waals surface area contributed by atoms with Crippen LogP contribution in [-0.2, 0) is 19.2 Å². The van der Waals surface area contributed by atoms with Gasteiger partial charge in [-0.3, -0.25) is 14.4 Å². The zero-order valence-corrected chi connectivity index (χ0v) is 17.6. The number of carbonyl (C=O) groups excluding carboxylic acids is 3. The van der Waals surface area contributed by atoms with E-state index >= 15 is 0 Å². The first-order chi connectivity index (χ1) is 16.0. The number of methoxy groups -OCH3 is 1. The first-order valence-corrected chi connectivity index (χ1v) is 10.3. The van der Waals surface area contributed by atoms with Gasteiger partial charge in [-0.1, -0.05) is 30.3 Å². The molecule has 0 unspecified atom stereocenters. The zero-order valence-electron chi connectivity index (χ0n) is 17.6. The highest BCUT2D eigenvalue weighted by atomic mass is 19.1. The highest BCUT2D eigenvalue weighted by Crippen LogP contribution is 2.47. The van der Waals surface area contributed by atoms with Gasteiger partial charge >= 0.3 is 5.97 Å². The Bertz CT molecular complexity index is 1210. The van der Waals surface area contributed by atoms with E-state index in [4.69, 9.17) is 9.57 Å². The van der Waals surface area contributed by atoms with E-state index in [1.54, 1.807) is 17.2 Å². The monoisotopic (exact) mass is 446 g/mol. The number of halogens is 1. The first kappa shape index (κ1) is 20.8. The van der Waals surface area contributed by atoms with Crippen LogP contribution in [0, 0.1) is 11.7 Å². The molecule has 2 fully saturated rings. The second-order valence-electron chi connectivity index (χ2n) is 7.76. The number of para-hydroxylation sites is 1. The average molecular weight is 446 g/mol. The fourth-order valence-electron chi connectivity index (χ4n) is 4.33. The molecule has 166 valence electrons. The van der Waals surface area contributed by atoms with Gasteiger partial charge < -0.3 is 4.74 Å². The molecule has 3 aromatic carbocycles. The van der Waals surface area contributed by atoms with Crippen LogP contribution in [0.2, 0.25) is 0 Å². The molecule has 0 spiro atoms. The van der Waals surface area contributed by atoms with Gasteiger partial charge in [0, 0.05) is 0 Å². The quantitative estimate of drug-likeness (QED) is 0.450. The SMILES string of the molecule is COC(=O)c1ccc(N2C(=O)[C@@H]3[C@@H](ON(c4ccccc4)[C@H]3c3ccc(F)cc3)C2=O)cc1. The topological polar surface area (TPSA) is 76.2 Å². The van der Waals surface area contributed by atoms with Crippen molar-refractivity contribution in [3.05, 3.63) is 95.8 Å². The number of esters is 1. The van der Waals surface area contributed by atoms with Crippen molar-refractivity contribution in [1.82, 2.24) is 0 Å². The van der Waals surface area contributed by atoms with Crippen LogP contribution in [0.3, 0.4) is 0 Å². The molecule has 0 N–H and O–H groups in total. The maximum atomic E-state index is 13.6. The number of hydroxylamine groups is 1. The summed E-state index contributed by atoms with van der Waals surface area (Å²) < 4.78 is 18.3. The molecule has 2 aliphatic rings. The van der Waals surface area contributed by atoms with E-state index in [1.807, 2.05) is 30.3 Å². The number of benzene rings is 3. The lowest BCUT2D eigenvalue weighted by Crippen LogP contribution is -2.37. The summed E-state index contributed by atoms with van der Waals surface area (Å²) in [7, 11) is 1.27. The standard InChI is InChI=1S/C25H19FN2O5/c1-32-25(31)16-9-13-18(14-10-16)27-23(29)20-21(15-7-11-17(26)12-8-15)28(33-22(20)24(27)30)19-5-3-2-4-6-19/h2-14,20-22H,1H3/t20-,21-,22+/m0/s1. The van der Waals surface area contributed by atoms with Gasteiger partial charge in [0.2, 0.25) is 5.91 Å². The lowest BCUT2D eigenvalue weighted by atomic mass is 9.90. The van der Waals surface area contributed by atoms with Crippen molar-refractivity contribution >= 4 is 29.2 Å². The Morgan fingerprint density at radius 3 is 2.18 bits per heavy atom. The van der Waals surface area contributed by atoms with E-state index in [9.17, 15) is 18.8 Å². The number of imide groups is 1. The Balaban J connectivity index is 1.53. The smallest absolute Gasteiger partial charge is 0.337 e. The normalized spacial score (nSPS) is 21.9. The van der Waals surface area contributed by atoms with Gasteiger partial charge in [-0.15, -0.1) is 0 Å². The van der Waals surface area contributed by atoms with Crippen LogP contribution in [0.15, 0.2) is 78.9 Å². The summed E-state index contributed by atoms with van der Waals surface area (Å²) >= 11 is 0. The third kappa shape index (κ3) is 3.44. The number of ether oxygens (including phenoxy) is 1. The Morgan fingerprint density at radius 1 is 0.879 bits per heavy atom. The van der Waals surface area contributed by atoms with E-state index in [0.717, 1.165) is 4.90 Å². The second-order valence-corrected chi connectivity index (χ2v) is 7.76. The lowest BCUT2D eigenvalue weighted by molar-refractivity contribution is -0.126. The van der Waals surface area contributed by atoms with Gasteiger partial charge in [0.15, 0.2) is 6.10 Å². The van der Waals surface area contributed by atoms with Crippen LogP contribution >= 0.6 is 0 Å².